The van der Waals surface area contributed by atoms with Crippen LogP contribution in [0.5, 0.6) is 0 Å². The van der Waals surface area contributed by atoms with Crippen LogP contribution < -0.4 is 10.6 Å². The van der Waals surface area contributed by atoms with Gasteiger partial charge >= 0.3 is 0 Å². The third kappa shape index (κ3) is 6.37. The van der Waals surface area contributed by atoms with Crippen LogP contribution in [-0.4, -0.2) is 61.1 Å². The number of guanidine groups is 1. The van der Waals surface area contributed by atoms with Gasteiger partial charge in [0.2, 0.25) is 5.89 Å². The molecule has 0 aliphatic carbocycles. The lowest BCUT2D eigenvalue weighted by atomic mass is 10.1. The molecule has 0 aliphatic rings. The first-order chi connectivity index (χ1) is 13.4. The van der Waals surface area contributed by atoms with E-state index < -0.39 is 0 Å². The number of amides is 1. The number of carbonyl (C=O) groups is 1. The van der Waals surface area contributed by atoms with Crippen LogP contribution in [0.3, 0.4) is 0 Å². The van der Waals surface area contributed by atoms with Gasteiger partial charge < -0.3 is 20.1 Å². The van der Waals surface area contributed by atoms with Crippen molar-refractivity contribution >= 4 is 11.9 Å². The maximum Gasteiger partial charge on any atom is 0.253 e. The first-order valence-corrected chi connectivity index (χ1v) is 9.48. The number of hydrogen-bond donors (Lipinski definition) is 2. The summed E-state index contributed by atoms with van der Waals surface area (Å²) < 4.78 is 5.24. The largest absolute Gasteiger partial charge is 0.356 e. The Hall–Kier alpha value is -2.90. The van der Waals surface area contributed by atoms with Gasteiger partial charge in [-0.1, -0.05) is 31.1 Å². The average Bonchev–Trinajstić information content (AvgIpc) is 3.15. The molecule has 2 aromatic rings. The Morgan fingerprint density at radius 3 is 2.54 bits per heavy atom. The summed E-state index contributed by atoms with van der Waals surface area (Å²) in [7, 11) is 5.24. The molecule has 8 heteroatoms. The van der Waals surface area contributed by atoms with E-state index in [0.717, 1.165) is 17.8 Å². The van der Waals surface area contributed by atoms with Crippen molar-refractivity contribution < 1.29 is 9.32 Å². The molecule has 0 atom stereocenters. The standard InChI is InChI=1S/C20H30N6O2/c1-14(2)18-24-17(28-25-18)10-12-23-20(21-3)22-11-9-15-7-6-8-16(13-15)19(27)26(4)5/h6-8,13-14H,9-12H2,1-5H3,(H2,21,22,23). The van der Waals surface area contributed by atoms with Crippen molar-refractivity contribution in [2.45, 2.75) is 32.6 Å². The number of nitrogens with one attached hydrogen (secondary N) is 2. The molecule has 1 aromatic carbocycles. The number of rotatable bonds is 8. The Morgan fingerprint density at radius 2 is 1.93 bits per heavy atom. The molecule has 0 bridgehead atoms. The fourth-order valence-corrected chi connectivity index (χ4v) is 2.56. The molecule has 2 rings (SSSR count). The lowest BCUT2D eigenvalue weighted by molar-refractivity contribution is 0.0827. The topological polar surface area (TPSA) is 95.7 Å². The maximum absolute atomic E-state index is 12.1. The Kier molecular flexibility index (Phi) is 7.98. The summed E-state index contributed by atoms with van der Waals surface area (Å²) in [5.74, 6) is 2.32. The Bertz CT molecular complexity index is 797. The summed E-state index contributed by atoms with van der Waals surface area (Å²) in [6.07, 6.45) is 1.42. The van der Waals surface area contributed by atoms with Crippen molar-refractivity contribution in [3.8, 4) is 0 Å². The second-order valence-electron chi connectivity index (χ2n) is 7.03. The summed E-state index contributed by atoms with van der Waals surface area (Å²) in [4.78, 5) is 22.2. The van der Waals surface area contributed by atoms with E-state index in [2.05, 4.69) is 25.8 Å². The van der Waals surface area contributed by atoms with Gasteiger partial charge in [0, 0.05) is 52.1 Å². The molecule has 1 aromatic heterocycles. The minimum atomic E-state index is 0.00827. The molecule has 0 saturated heterocycles. The number of carbonyl (C=O) groups excluding carboxylic acids is 1. The molecule has 0 fully saturated rings. The molecule has 0 spiro atoms. The second kappa shape index (κ2) is 10.4. The van der Waals surface area contributed by atoms with Crippen LogP contribution in [0.15, 0.2) is 33.8 Å². The summed E-state index contributed by atoms with van der Waals surface area (Å²) >= 11 is 0. The van der Waals surface area contributed by atoms with Gasteiger partial charge in [-0.15, -0.1) is 0 Å². The molecule has 28 heavy (non-hydrogen) atoms. The maximum atomic E-state index is 12.1. The second-order valence-corrected chi connectivity index (χ2v) is 7.03. The Labute approximate surface area is 166 Å². The van der Waals surface area contributed by atoms with Crippen molar-refractivity contribution in [1.82, 2.24) is 25.7 Å². The number of aliphatic imine (C=N–C) groups is 1. The normalized spacial score (nSPS) is 11.6. The van der Waals surface area contributed by atoms with Crippen molar-refractivity contribution in [2.75, 3.05) is 34.2 Å². The van der Waals surface area contributed by atoms with Crippen LogP contribution in [0.2, 0.25) is 0 Å². The predicted molar refractivity (Wildman–Crippen MR) is 110 cm³/mol. The van der Waals surface area contributed by atoms with E-state index in [0.29, 0.717) is 36.9 Å². The lowest BCUT2D eigenvalue weighted by Gasteiger charge is -2.13. The number of aromatic nitrogens is 2. The van der Waals surface area contributed by atoms with Crippen molar-refractivity contribution in [3.05, 3.63) is 47.1 Å². The van der Waals surface area contributed by atoms with E-state index >= 15 is 0 Å². The van der Waals surface area contributed by atoms with Gasteiger partial charge in [0.15, 0.2) is 11.8 Å². The van der Waals surface area contributed by atoms with Crippen molar-refractivity contribution in [3.63, 3.8) is 0 Å². The van der Waals surface area contributed by atoms with Crippen LogP contribution in [0, 0.1) is 0 Å². The van der Waals surface area contributed by atoms with Crippen molar-refractivity contribution in [1.29, 1.82) is 0 Å². The van der Waals surface area contributed by atoms with Gasteiger partial charge in [-0.2, -0.15) is 4.98 Å². The predicted octanol–water partition coefficient (Wildman–Crippen LogP) is 1.84. The summed E-state index contributed by atoms with van der Waals surface area (Å²) in [6, 6.07) is 7.70. The van der Waals surface area contributed by atoms with E-state index in [1.165, 1.54) is 0 Å². The van der Waals surface area contributed by atoms with Gasteiger partial charge in [-0.05, 0) is 24.1 Å². The minimum Gasteiger partial charge on any atom is -0.356 e. The quantitative estimate of drug-likeness (QED) is 0.531. The van der Waals surface area contributed by atoms with E-state index in [1.807, 2.05) is 38.1 Å². The summed E-state index contributed by atoms with van der Waals surface area (Å²) in [6.45, 7) is 5.42. The van der Waals surface area contributed by atoms with Gasteiger partial charge in [-0.3, -0.25) is 9.79 Å². The van der Waals surface area contributed by atoms with Gasteiger partial charge in [0.1, 0.15) is 0 Å². The Morgan fingerprint density at radius 1 is 1.21 bits per heavy atom. The molecule has 0 unspecified atom stereocenters. The highest BCUT2D eigenvalue weighted by Gasteiger charge is 2.10. The molecule has 8 nitrogen and oxygen atoms in total. The van der Waals surface area contributed by atoms with E-state index in [4.69, 9.17) is 4.52 Å². The van der Waals surface area contributed by atoms with Crippen molar-refractivity contribution in [2.24, 2.45) is 4.99 Å². The zero-order valence-electron chi connectivity index (χ0n) is 17.3. The van der Waals surface area contributed by atoms with E-state index in [-0.39, 0.29) is 11.8 Å². The zero-order valence-corrected chi connectivity index (χ0v) is 17.3. The zero-order chi connectivity index (χ0) is 20.5. The number of hydrogen-bond acceptors (Lipinski definition) is 5. The van der Waals surface area contributed by atoms with E-state index in [1.54, 1.807) is 26.0 Å². The Balaban J connectivity index is 1.76. The fourth-order valence-electron chi connectivity index (χ4n) is 2.56. The average molecular weight is 387 g/mol. The van der Waals surface area contributed by atoms with Crippen LogP contribution in [0.25, 0.3) is 0 Å². The summed E-state index contributed by atoms with van der Waals surface area (Å²) in [5, 5.41) is 10.5. The van der Waals surface area contributed by atoms with Crippen LogP contribution in [0.1, 0.15) is 47.4 Å². The molecule has 152 valence electrons. The number of nitrogens with zero attached hydrogens (tertiary/aromatic N) is 4. The third-order valence-electron chi connectivity index (χ3n) is 4.14. The monoisotopic (exact) mass is 386 g/mol. The van der Waals surface area contributed by atoms with Gasteiger partial charge in [0.25, 0.3) is 5.91 Å². The molecular weight excluding hydrogens is 356 g/mol. The highest BCUT2D eigenvalue weighted by molar-refractivity contribution is 5.94. The first-order valence-electron chi connectivity index (χ1n) is 9.48. The third-order valence-corrected chi connectivity index (χ3v) is 4.14. The molecule has 0 saturated carbocycles. The van der Waals surface area contributed by atoms with Gasteiger partial charge in [0.05, 0.1) is 0 Å². The van der Waals surface area contributed by atoms with Crippen LogP contribution in [0.4, 0.5) is 0 Å². The molecule has 2 N–H and O–H groups in total. The van der Waals surface area contributed by atoms with Crippen LogP contribution in [-0.2, 0) is 12.8 Å². The van der Waals surface area contributed by atoms with Crippen LogP contribution >= 0.6 is 0 Å². The molecule has 1 amide bonds. The molecule has 0 radical (unpaired) electrons. The minimum absolute atomic E-state index is 0.00827. The van der Waals surface area contributed by atoms with Gasteiger partial charge in [-0.25, -0.2) is 0 Å². The first kappa shape index (κ1) is 21.4. The SMILES string of the molecule is CN=C(NCCc1cccc(C(=O)N(C)C)c1)NCCc1nc(C(C)C)no1. The molecule has 0 aliphatic heterocycles. The molecular formula is C20H30N6O2. The molecule has 1 heterocycles. The highest BCUT2D eigenvalue weighted by Crippen LogP contribution is 2.09. The fraction of sp³-hybridized carbons (Fsp3) is 0.500. The van der Waals surface area contributed by atoms with E-state index in [9.17, 15) is 4.79 Å². The number of benzene rings is 1. The smallest absolute Gasteiger partial charge is 0.253 e. The highest BCUT2D eigenvalue weighted by atomic mass is 16.5. The summed E-state index contributed by atoms with van der Waals surface area (Å²) in [5.41, 5.74) is 1.80. The lowest BCUT2D eigenvalue weighted by Crippen LogP contribution is -2.39.